The fourth-order valence-electron chi connectivity index (χ4n) is 4.74. The van der Waals surface area contributed by atoms with Gasteiger partial charge in [-0.3, -0.25) is 4.90 Å². The van der Waals surface area contributed by atoms with Crippen molar-refractivity contribution in [3.05, 3.63) is 46.3 Å². The molecular formula is C27H38N2O6. The number of carbonyl (C=O) groups is 2. The maximum atomic E-state index is 13.0. The molecule has 0 aromatic heterocycles. The zero-order valence-corrected chi connectivity index (χ0v) is 21.6. The fraction of sp³-hybridized carbons (Fsp3) is 0.556. The number of hydrogen-bond acceptors (Lipinski definition) is 8. The summed E-state index contributed by atoms with van der Waals surface area (Å²) in [4.78, 5) is 28.4. The highest BCUT2D eigenvalue weighted by Crippen LogP contribution is 2.42. The highest BCUT2D eigenvalue weighted by Gasteiger charge is 2.38. The Morgan fingerprint density at radius 1 is 0.943 bits per heavy atom. The number of dihydropyridines is 1. The molecule has 1 N–H and O–H groups in total. The SMILES string of the molecule is CCOC(=O)C1=C(C)NC(C)=C(C(=O)OCC)C1c1ccc(OCCN2CCCCC2)c(OC)c1. The standard InChI is InChI=1S/C27H38N2O6/c1-6-33-26(30)23-18(3)28-19(4)24(27(31)34-7-2)25(23)20-11-12-21(22(17-20)32-5)35-16-15-29-13-9-8-10-14-29/h11-12,17,25,28H,6-10,13-16H2,1-5H3. The summed E-state index contributed by atoms with van der Waals surface area (Å²) in [5.74, 6) is -0.443. The van der Waals surface area contributed by atoms with Crippen LogP contribution in [0.15, 0.2) is 40.7 Å². The van der Waals surface area contributed by atoms with Crippen LogP contribution in [0.5, 0.6) is 11.5 Å². The van der Waals surface area contributed by atoms with Crippen molar-refractivity contribution in [2.24, 2.45) is 0 Å². The Morgan fingerprint density at radius 3 is 2.09 bits per heavy atom. The van der Waals surface area contributed by atoms with Crippen LogP contribution in [-0.4, -0.2) is 63.4 Å². The Balaban J connectivity index is 1.92. The summed E-state index contributed by atoms with van der Waals surface area (Å²) in [7, 11) is 1.58. The van der Waals surface area contributed by atoms with Gasteiger partial charge in [0.1, 0.15) is 6.61 Å². The average molecular weight is 487 g/mol. The second kappa shape index (κ2) is 12.6. The number of nitrogens with zero attached hydrogens (tertiary/aromatic N) is 1. The van der Waals surface area contributed by atoms with E-state index >= 15 is 0 Å². The number of hydrogen-bond donors (Lipinski definition) is 1. The third kappa shape index (κ3) is 6.36. The van der Waals surface area contributed by atoms with E-state index in [1.54, 1.807) is 34.8 Å². The number of ether oxygens (including phenoxy) is 4. The lowest BCUT2D eigenvalue weighted by molar-refractivity contribution is -0.139. The molecule has 1 aromatic carbocycles. The zero-order chi connectivity index (χ0) is 25.4. The normalized spacial score (nSPS) is 17.2. The van der Waals surface area contributed by atoms with Gasteiger partial charge in [-0.1, -0.05) is 12.5 Å². The summed E-state index contributed by atoms with van der Waals surface area (Å²) in [5.41, 5.74) is 2.75. The van der Waals surface area contributed by atoms with Crippen molar-refractivity contribution in [2.45, 2.75) is 52.9 Å². The van der Waals surface area contributed by atoms with Crippen LogP contribution in [-0.2, 0) is 19.1 Å². The average Bonchev–Trinajstić information content (AvgIpc) is 2.84. The first kappa shape index (κ1) is 26.6. The lowest BCUT2D eigenvalue weighted by Gasteiger charge is -2.30. The van der Waals surface area contributed by atoms with Gasteiger partial charge in [0.05, 0.1) is 37.4 Å². The van der Waals surface area contributed by atoms with Crippen molar-refractivity contribution >= 4 is 11.9 Å². The molecule has 0 aliphatic carbocycles. The van der Waals surface area contributed by atoms with E-state index in [1.165, 1.54) is 19.3 Å². The first-order chi connectivity index (χ1) is 16.9. The first-order valence-corrected chi connectivity index (χ1v) is 12.5. The summed E-state index contributed by atoms with van der Waals surface area (Å²) in [6, 6.07) is 5.53. The predicted octanol–water partition coefficient (Wildman–Crippen LogP) is 3.92. The van der Waals surface area contributed by atoms with E-state index in [1.807, 2.05) is 18.2 Å². The molecule has 2 heterocycles. The summed E-state index contributed by atoms with van der Waals surface area (Å²) in [6.45, 7) is 11.2. The Kier molecular flexibility index (Phi) is 9.60. The van der Waals surface area contributed by atoms with Crippen molar-refractivity contribution in [1.29, 1.82) is 0 Å². The Labute approximate surface area is 208 Å². The van der Waals surface area contributed by atoms with Crippen LogP contribution in [0.2, 0.25) is 0 Å². The predicted molar refractivity (Wildman–Crippen MR) is 133 cm³/mol. The topological polar surface area (TPSA) is 86.3 Å². The second-order valence-corrected chi connectivity index (χ2v) is 8.74. The van der Waals surface area contributed by atoms with E-state index in [0.29, 0.717) is 40.6 Å². The minimum Gasteiger partial charge on any atom is -0.493 e. The molecule has 0 radical (unpaired) electrons. The minimum absolute atomic E-state index is 0.229. The van der Waals surface area contributed by atoms with Crippen LogP contribution in [0.4, 0.5) is 0 Å². The summed E-state index contributed by atoms with van der Waals surface area (Å²) in [6.07, 6.45) is 3.77. The number of allylic oxidation sites excluding steroid dienone is 2. The van der Waals surface area contributed by atoms with Gasteiger partial charge in [0.2, 0.25) is 0 Å². The number of esters is 2. The van der Waals surface area contributed by atoms with Gasteiger partial charge in [0.15, 0.2) is 11.5 Å². The van der Waals surface area contributed by atoms with Crippen LogP contribution in [0.1, 0.15) is 58.4 Å². The first-order valence-electron chi connectivity index (χ1n) is 12.5. The minimum atomic E-state index is -0.661. The molecule has 1 aromatic rings. The molecule has 0 atom stereocenters. The van der Waals surface area contributed by atoms with Gasteiger partial charge in [-0.15, -0.1) is 0 Å². The van der Waals surface area contributed by atoms with E-state index < -0.39 is 17.9 Å². The van der Waals surface area contributed by atoms with Crippen LogP contribution >= 0.6 is 0 Å². The highest BCUT2D eigenvalue weighted by atomic mass is 16.5. The van der Waals surface area contributed by atoms with Gasteiger partial charge in [-0.25, -0.2) is 9.59 Å². The van der Waals surface area contributed by atoms with Gasteiger partial charge in [-0.05, 0) is 71.3 Å². The largest absolute Gasteiger partial charge is 0.493 e. The number of piperidine rings is 1. The molecule has 0 spiro atoms. The molecule has 3 rings (SSSR count). The van der Waals surface area contributed by atoms with Crippen molar-refractivity contribution in [2.75, 3.05) is 46.6 Å². The molecule has 0 unspecified atom stereocenters. The maximum Gasteiger partial charge on any atom is 0.336 e. The molecule has 8 heteroatoms. The molecule has 8 nitrogen and oxygen atoms in total. The van der Waals surface area contributed by atoms with Crippen LogP contribution in [0.3, 0.4) is 0 Å². The number of likely N-dealkylation sites (tertiary alicyclic amines) is 1. The van der Waals surface area contributed by atoms with Crippen molar-refractivity contribution in [1.82, 2.24) is 10.2 Å². The lowest BCUT2D eigenvalue weighted by atomic mass is 9.80. The smallest absolute Gasteiger partial charge is 0.336 e. The third-order valence-electron chi connectivity index (χ3n) is 6.39. The highest BCUT2D eigenvalue weighted by molar-refractivity contribution is 6.00. The Bertz CT molecular complexity index is 938. The van der Waals surface area contributed by atoms with Gasteiger partial charge >= 0.3 is 11.9 Å². The molecule has 0 saturated carbocycles. The molecule has 2 aliphatic rings. The number of nitrogens with one attached hydrogen (secondary N) is 1. The molecule has 35 heavy (non-hydrogen) atoms. The second-order valence-electron chi connectivity index (χ2n) is 8.74. The van der Waals surface area contributed by atoms with E-state index in [4.69, 9.17) is 18.9 Å². The monoisotopic (exact) mass is 486 g/mol. The molecule has 1 fully saturated rings. The summed E-state index contributed by atoms with van der Waals surface area (Å²) in [5, 5.41) is 3.15. The lowest BCUT2D eigenvalue weighted by Crippen LogP contribution is -2.33. The number of methoxy groups -OCH3 is 1. The quantitative estimate of drug-likeness (QED) is 0.498. The maximum absolute atomic E-state index is 13.0. The number of carbonyl (C=O) groups excluding carboxylic acids is 2. The van der Waals surface area contributed by atoms with Gasteiger partial charge < -0.3 is 24.3 Å². The number of rotatable bonds is 10. The number of benzene rings is 1. The molecule has 2 aliphatic heterocycles. The molecule has 1 saturated heterocycles. The van der Waals surface area contributed by atoms with E-state index in [0.717, 1.165) is 25.2 Å². The molecule has 0 amide bonds. The van der Waals surface area contributed by atoms with Gasteiger partial charge in [0.25, 0.3) is 0 Å². The Morgan fingerprint density at radius 2 is 1.54 bits per heavy atom. The van der Waals surface area contributed by atoms with Crippen molar-refractivity contribution in [3.63, 3.8) is 0 Å². The summed E-state index contributed by atoms with van der Waals surface area (Å²) < 4.78 is 22.4. The third-order valence-corrected chi connectivity index (χ3v) is 6.39. The fourth-order valence-corrected chi connectivity index (χ4v) is 4.74. The van der Waals surface area contributed by atoms with Crippen LogP contribution < -0.4 is 14.8 Å². The summed E-state index contributed by atoms with van der Waals surface area (Å²) >= 11 is 0. The van der Waals surface area contributed by atoms with Crippen molar-refractivity contribution < 1.29 is 28.5 Å². The van der Waals surface area contributed by atoms with E-state index in [2.05, 4.69) is 10.2 Å². The van der Waals surface area contributed by atoms with Crippen LogP contribution in [0.25, 0.3) is 0 Å². The van der Waals surface area contributed by atoms with E-state index in [-0.39, 0.29) is 13.2 Å². The van der Waals surface area contributed by atoms with Gasteiger partial charge in [0, 0.05) is 17.9 Å². The molecule has 0 bridgehead atoms. The van der Waals surface area contributed by atoms with E-state index in [9.17, 15) is 9.59 Å². The van der Waals surface area contributed by atoms with Crippen LogP contribution in [0, 0.1) is 0 Å². The van der Waals surface area contributed by atoms with Crippen molar-refractivity contribution in [3.8, 4) is 11.5 Å². The zero-order valence-electron chi connectivity index (χ0n) is 21.6. The molecular weight excluding hydrogens is 448 g/mol. The van der Waals surface area contributed by atoms with Gasteiger partial charge in [-0.2, -0.15) is 0 Å². The Hall–Kier alpha value is -3.00. The molecule has 192 valence electrons.